The van der Waals surface area contributed by atoms with E-state index < -0.39 is 12.0 Å². The molecular formula is C19H17ClN2O2. The molecule has 1 fully saturated rings. The lowest BCUT2D eigenvalue weighted by atomic mass is 9.82. The van der Waals surface area contributed by atoms with Gasteiger partial charge in [0.05, 0.1) is 12.0 Å². The van der Waals surface area contributed by atoms with Gasteiger partial charge in [0, 0.05) is 16.3 Å². The molecule has 5 heteroatoms. The lowest BCUT2D eigenvalue weighted by Gasteiger charge is -2.34. The van der Waals surface area contributed by atoms with Gasteiger partial charge in [0.2, 0.25) is 0 Å². The maximum absolute atomic E-state index is 13.0. The van der Waals surface area contributed by atoms with Gasteiger partial charge in [-0.3, -0.25) is 4.79 Å². The summed E-state index contributed by atoms with van der Waals surface area (Å²) in [5.41, 5.74) is 2.83. The van der Waals surface area contributed by atoms with Crippen molar-refractivity contribution in [2.75, 3.05) is 0 Å². The number of nitrogens with one attached hydrogen (secondary N) is 2. The van der Waals surface area contributed by atoms with Crippen molar-refractivity contribution in [1.29, 1.82) is 0 Å². The first-order valence-corrected chi connectivity index (χ1v) is 7.97. The van der Waals surface area contributed by atoms with Crippen LogP contribution in [0.15, 0.2) is 60.8 Å². The molecular weight excluding hydrogens is 324 g/mol. The molecule has 0 spiro atoms. The molecule has 2 amide bonds. The summed E-state index contributed by atoms with van der Waals surface area (Å²) in [5.74, 6) is -0.706. The third-order valence-electron chi connectivity index (χ3n) is 4.20. The summed E-state index contributed by atoms with van der Waals surface area (Å²) in [6.45, 7) is 5.85. The van der Waals surface area contributed by atoms with Gasteiger partial charge in [-0.2, -0.15) is 0 Å². The Morgan fingerprint density at radius 1 is 1.12 bits per heavy atom. The first-order chi connectivity index (χ1) is 11.5. The van der Waals surface area contributed by atoms with Gasteiger partial charge >= 0.3 is 6.03 Å². The molecule has 24 heavy (non-hydrogen) atoms. The van der Waals surface area contributed by atoms with Gasteiger partial charge in [-0.1, -0.05) is 42.4 Å². The zero-order valence-electron chi connectivity index (χ0n) is 13.2. The molecule has 3 rings (SSSR count). The number of aryl methyl sites for hydroxylation is 1. The average molecular weight is 341 g/mol. The second-order valence-electron chi connectivity index (χ2n) is 5.81. The van der Waals surface area contributed by atoms with Crippen LogP contribution in [-0.2, 0) is 0 Å². The molecule has 0 radical (unpaired) electrons. The Morgan fingerprint density at radius 3 is 2.46 bits per heavy atom. The van der Waals surface area contributed by atoms with Crippen LogP contribution in [0.2, 0.25) is 5.02 Å². The lowest BCUT2D eigenvalue weighted by Crippen LogP contribution is -2.50. The molecule has 0 saturated carbocycles. The highest BCUT2D eigenvalue weighted by atomic mass is 35.5. The predicted molar refractivity (Wildman–Crippen MR) is 94.0 cm³/mol. The second-order valence-corrected chi connectivity index (χ2v) is 6.24. The SMILES string of the molecule is C=C1NC(=O)N[C@H](c2ccccc2C)[C@@H]1C(=O)c1ccc(Cl)cc1. The molecule has 0 aromatic heterocycles. The fourth-order valence-electron chi connectivity index (χ4n) is 2.98. The van der Waals surface area contributed by atoms with Crippen LogP contribution in [0, 0.1) is 12.8 Å². The summed E-state index contributed by atoms with van der Waals surface area (Å²) in [6.07, 6.45) is 0. The highest BCUT2D eigenvalue weighted by molar-refractivity contribution is 6.30. The topological polar surface area (TPSA) is 58.2 Å². The third kappa shape index (κ3) is 3.05. The molecule has 0 unspecified atom stereocenters. The number of halogens is 1. The number of Topliss-reactive ketones (excluding diaryl/α,β-unsaturated/α-hetero) is 1. The summed E-state index contributed by atoms with van der Waals surface area (Å²) >= 11 is 5.90. The summed E-state index contributed by atoms with van der Waals surface area (Å²) in [5, 5.41) is 6.04. The summed E-state index contributed by atoms with van der Waals surface area (Å²) in [7, 11) is 0. The van der Waals surface area contributed by atoms with Crippen LogP contribution in [0.3, 0.4) is 0 Å². The predicted octanol–water partition coefficient (Wildman–Crippen LogP) is 4.02. The van der Waals surface area contributed by atoms with Crippen LogP contribution >= 0.6 is 11.6 Å². The van der Waals surface area contributed by atoms with Crippen molar-refractivity contribution in [1.82, 2.24) is 10.6 Å². The number of benzene rings is 2. The van der Waals surface area contributed by atoms with Gasteiger partial charge in [0.25, 0.3) is 0 Å². The number of amides is 2. The van der Waals surface area contributed by atoms with Gasteiger partial charge in [0.1, 0.15) is 0 Å². The Labute approximate surface area is 145 Å². The Hall–Kier alpha value is -2.59. The Morgan fingerprint density at radius 2 is 1.79 bits per heavy atom. The van der Waals surface area contributed by atoms with E-state index in [1.807, 2.05) is 31.2 Å². The first kappa shape index (κ1) is 16.3. The normalized spacial score (nSPS) is 20.2. The number of hydrogen-bond acceptors (Lipinski definition) is 2. The minimum atomic E-state index is -0.593. The van der Waals surface area contributed by atoms with Crippen molar-refractivity contribution in [3.63, 3.8) is 0 Å². The van der Waals surface area contributed by atoms with Crippen molar-refractivity contribution >= 4 is 23.4 Å². The zero-order chi connectivity index (χ0) is 17.3. The van der Waals surface area contributed by atoms with Crippen LogP contribution in [0.5, 0.6) is 0 Å². The quantitative estimate of drug-likeness (QED) is 0.829. The van der Waals surface area contributed by atoms with Crippen molar-refractivity contribution in [2.24, 2.45) is 5.92 Å². The third-order valence-corrected chi connectivity index (χ3v) is 4.46. The number of rotatable bonds is 3. The Balaban J connectivity index is 2.02. The van der Waals surface area contributed by atoms with E-state index in [1.54, 1.807) is 24.3 Å². The monoisotopic (exact) mass is 340 g/mol. The maximum Gasteiger partial charge on any atom is 0.319 e. The van der Waals surface area contributed by atoms with E-state index in [0.29, 0.717) is 16.3 Å². The Kier molecular flexibility index (Phi) is 4.40. The molecule has 2 atom stereocenters. The average Bonchev–Trinajstić information content (AvgIpc) is 2.55. The standard InChI is InChI=1S/C19H17ClN2O2/c1-11-5-3-4-6-15(11)17-16(12(2)21-19(24)22-17)18(23)13-7-9-14(20)10-8-13/h3-10,16-17H,2H2,1H3,(H2,21,22,24)/t16-,17-/m1/s1. The van der Waals surface area contributed by atoms with Crippen molar-refractivity contribution in [3.8, 4) is 0 Å². The molecule has 0 bridgehead atoms. The molecule has 1 aliphatic heterocycles. The van der Waals surface area contributed by atoms with Gasteiger partial charge < -0.3 is 10.6 Å². The first-order valence-electron chi connectivity index (χ1n) is 7.59. The minimum absolute atomic E-state index is 0.114. The van der Waals surface area contributed by atoms with Crippen LogP contribution in [0.4, 0.5) is 4.79 Å². The van der Waals surface area contributed by atoms with Crippen LogP contribution < -0.4 is 10.6 Å². The van der Waals surface area contributed by atoms with Gasteiger partial charge in [-0.15, -0.1) is 0 Å². The molecule has 4 nitrogen and oxygen atoms in total. The maximum atomic E-state index is 13.0. The molecule has 0 aliphatic carbocycles. The largest absolute Gasteiger partial charge is 0.330 e. The minimum Gasteiger partial charge on any atom is -0.330 e. The van der Waals surface area contributed by atoms with Crippen molar-refractivity contribution in [3.05, 3.63) is 82.5 Å². The molecule has 1 saturated heterocycles. The molecule has 1 heterocycles. The molecule has 1 aliphatic rings. The molecule has 2 aromatic carbocycles. The molecule has 2 N–H and O–H groups in total. The second kappa shape index (κ2) is 6.49. The van der Waals surface area contributed by atoms with Crippen LogP contribution in [0.1, 0.15) is 27.5 Å². The smallest absolute Gasteiger partial charge is 0.319 e. The summed E-state index contributed by atoms with van der Waals surface area (Å²) in [6, 6.07) is 13.6. The highest BCUT2D eigenvalue weighted by Gasteiger charge is 2.38. The Bertz CT molecular complexity index is 814. The number of hydrogen-bond donors (Lipinski definition) is 2. The van der Waals surface area contributed by atoms with E-state index in [-0.39, 0.29) is 11.8 Å². The lowest BCUT2D eigenvalue weighted by molar-refractivity contribution is 0.0905. The summed E-state index contributed by atoms with van der Waals surface area (Å²) < 4.78 is 0. The summed E-state index contributed by atoms with van der Waals surface area (Å²) in [4.78, 5) is 24.9. The van der Waals surface area contributed by atoms with E-state index >= 15 is 0 Å². The fourth-order valence-corrected chi connectivity index (χ4v) is 3.11. The number of carbonyl (C=O) groups is 2. The van der Waals surface area contributed by atoms with Crippen molar-refractivity contribution in [2.45, 2.75) is 13.0 Å². The van der Waals surface area contributed by atoms with Crippen LogP contribution in [-0.4, -0.2) is 11.8 Å². The molecule has 122 valence electrons. The van der Waals surface area contributed by atoms with Gasteiger partial charge in [-0.05, 0) is 42.3 Å². The zero-order valence-corrected chi connectivity index (χ0v) is 13.9. The fraction of sp³-hybridized carbons (Fsp3) is 0.158. The van der Waals surface area contributed by atoms with Crippen LogP contribution in [0.25, 0.3) is 0 Å². The van der Waals surface area contributed by atoms with E-state index in [0.717, 1.165) is 11.1 Å². The number of carbonyl (C=O) groups excluding carboxylic acids is 2. The van der Waals surface area contributed by atoms with E-state index in [2.05, 4.69) is 17.2 Å². The number of urea groups is 1. The number of ketones is 1. The van der Waals surface area contributed by atoms with E-state index in [4.69, 9.17) is 11.6 Å². The molecule has 2 aromatic rings. The van der Waals surface area contributed by atoms with Gasteiger partial charge in [0.15, 0.2) is 5.78 Å². The van der Waals surface area contributed by atoms with E-state index in [9.17, 15) is 9.59 Å². The van der Waals surface area contributed by atoms with Gasteiger partial charge in [-0.25, -0.2) is 4.79 Å². The van der Waals surface area contributed by atoms with Crippen molar-refractivity contribution < 1.29 is 9.59 Å². The van der Waals surface area contributed by atoms with E-state index in [1.165, 1.54) is 0 Å². The highest BCUT2D eigenvalue weighted by Crippen LogP contribution is 2.33.